The van der Waals surface area contributed by atoms with E-state index < -0.39 is 22.5 Å². The van der Waals surface area contributed by atoms with Crippen molar-refractivity contribution in [2.75, 3.05) is 0 Å². The summed E-state index contributed by atoms with van der Waals surface area (Å²) in [6.45, 7) is 1.82. The second kappa shape index (κ2) is 6.27. The van der Waals surface area contributed by atoms with Crippen molar-refractivity contribution in [3.63, 3.8) is 0 Å². The van der Waals surface area contributed by atoms with Crippen LogP contribution in [0.1, 0.15) is 25.1 Å². The normalized spacial score (nSPS) is 12.0. The average molecular weight is 292 g/mol. The summed E-state index contributed by atoms with van der Waals surface area (Å²) in [6, 6.07) is 6.15. The van der Waals surface area contributed by atoms with Crippen LogP contribution < -0.4 is 4.74 Å². The number of hydrogen-bond acceptors (Lipinski definition) is 5. The summed E-state index contributed by atoms with van der Waals surface area (Å²) in [6.07, 6.45) is 1.21. The largest absolute Gasteiger partial charge is 0.449 e. The fourth-order valence-corrected chi connectivity index (χ4v) is 1.70. The molecule has 1 heterocycles. The number of nitrogens with zero attached hydrogens (tertiary/aromatic N) is 2. The van der Waals surface area contributed by atoms with Gasteiger partial charge in [-0.15, -0.1) is 0 Å². The van der Waals surface area contributed by atoms with Gasteiger partial charge in [-0.2, -0.15) is 0 Å². The monoisotopic (exact) mass is 292 g/mol. The number of rotatable bonds is 5. The summed E-state index contributed by atoms with van der Waals surface area (Å²) >= 11 is 0. The van der Waals surface area contributed by atoms with E-state index in [-0.39, 0.29) is 11.5 Å². The number of benzene rings is 1. The van der Waals surface area contributed by atoms with E-state index in [1.807, 2.05) is 6.92 Å². The highest BCUT2D eigenvalue weighted by atomic mass is 19.1. The first-order chi connectivity index (χ1) is 10.0. The smallest absolute Gasteiger partial charge is 0.314 e. The van der Waals surface area contributed by atoms with Crippen LogP contribution in [0, 0.1) is 15.9 Å². The number of nitro benzene ring substituents is 1. The maximum absolute atomic E-state index is 13.0. The lowest BCUT2D eigenvalue weighted by molar-refractivity contribution is -0.385. The van der Waals surface area contributed by atoms with Crippen molar-refractivity contribution < 1.29 is 19.2 Å². The molecule has 0 saturated carbocycles. The Labute approximate surface area is 120 Å². The first-order valence-corrected chi connectivity index (χ1v) is 6.27. The van der Waals surface area contributed by atoms with Gasteiger partial charge in [0, 0.05) is 0 Å². The Kier molecular flexibility index (Phi) is 4.44. The van der Waals surface area contributed by atoms with E-state index in [0.29, 0.717) is 12.1 Å². The maximum Gasteiger partial charge on any atom is 0.314 e. The van der Waals surface area contributed by atoms with Gasteiger partial charge in [0.05, 0.1) is 29.0 Å². The molecular weight excluding hydrogens is 279 g/mol. The highest BCUT2D eigenvalue weighted by molar-refractivity contribution is 5.48. The Morgan fingerprint density at radius 2 is 2.19 bits per heavy atom. The molecule has 7 heteroatoms. The zero-order valence-electron chi connectivity index (χ0n) is 11.2. The molecule has 1 aromatic heterocycles. The molecule has 2 aromatic rings. The molecule has 1 N–H and O–H groups in total. The molecule has 2 rings (SSSR count). The van der Waals surface area contributed by atoms with Crippen molar-refractivity contribution in [1.29, 1.82) is 0 Å². The van der Waals surface area contributed by atoms with E-state index in [4.69, 9.17) is 4.74 Å². The molecule has 1 aromatic carbocycles. The molecule has 0 radical (unpaired) electrons. The second-order valence-corrected chi connectivity index (χ2v) is 4.31. The van der Waals surface area contributed by atoms with Gasteiger partial charge in [0.25, 0.3) is 0 Å². The topological polar surface area (TPSA) is 85.5 Å². The lowest BCUT2D eigenvalue weighted by Crippen LogP contribution is -1.99. The van der Waals surface area contributed by atoms with Crippen molar-refractivity contribution in [3.8, 4) is 11.5 Å². The molecule has 6 nitrogen and oxygen atoms in total. The van der Waals surface area contributed by atoms with Gasteiger partial charge in [-0.1, -0.05) is 6.92 Å². The van der Waals surface area contributed by atoms with Crippen LogP contribution in [0.15, 0.2) is 36.5 Å². The Bertz CT molecular complexity index is 646. The Morgan fingerprint density at radius 1 is 1.43 bits per heavy atom. The van der Waals surface area contributed by atoms with Crippen molar-refractivity contribution in [3.05, 3.63) is 58.2 Å². The van der Waals surface area contributed by atoms with E-state index in [1.54, 1.807) is 6.07 Å². The van der Waals surface area contributed by atoms with Crippen LogP contribution in [0.3, 0.4) is 0 Å². The molecule has 110 valence electrons. The first kappa shape index (κ1) is 14.9. The van der Waals surface area contributed by atoms with Gasteiger partial charge < -0.3 is 9.84 Å². The lowest BCUT2D eigenvalue weighted by Gasteiger charge is -2.09. The van der Waals surface area contributed by atoms with Gasteiger partial charge >= 0.3 is 5.69 Å². The van der Waals surface area contributed by atoms with Crippen LogP contribution in [-0.2, 0) is 0 Å². The first-order valence-electron chi connectivity index (χ1n) is 6.27. The van der Waals surface area contributed by atoms with Crippen LogP contribution >= 0.6 is 0 Å². The number of hydrogen-bond donors (Lipinski definition) is 1. The molecule has 0 bridgehead atoms. The minimum atomic E-state index is -0.721. The molecule has 0 aliphatic carbocycles. The summed E-state index contributed by atoms with van der Waals surface area (Å²) < 4.78 is 18.4. The molecule has 0 amide bonds. The summed E-state index contributed by atoms with van der Waals surface area (Å²) in [5.41, 5.74) is 0.0196. The minimum absolute atomic E-state index is 0.0769. The molecule has 0 aliphatic heterocycles. The second-order valence-electron chi connectivity index (χ2n) is 4.31. The third-order valence-corrected chi connectivity index (χ3v) is 2.83. The van der Waals surface area contributed by atoms with Crippen LogP contribution in [0.25, 0.3) is 0 Å². The van der Waals surface area contributed by atoms with E-state index in [1.165, 1.54) is 18.3 Å². The van der Waals surface area contributed by atoms with E-state index in [9.17, 15) is 19.6 Å². The summed E-state index contributed by atoms with van der Waals surface area (Å²) in [4.78, 5) is 14.2. The highest BCUT2D eigenvalue weighted by Crippen LogP contribution is 2.31. The average Bonchev–Trinajstić information content (AvgIpc) is 2.49. The Balaban J connectivity index is 2.24. The van der Waals surface area contributed by atoms with E-state index in [2.05, 4.69) is 4.98 Å². The van der Waals surface area contributed by atoms with Crippen LogP contribution in [0.2, 0.25) is 0 Å². The van der Waals surface area contributed by atoms with Crippen LogP contribution in [0.5, 0.6) is 11.5 Å². The highest BCUT2D eigenvalue weighted by Gasteiger charge is 2.17. The number of pyridine rings is 1. The molecule has 0 aliphatic rings. The SMILES string of the molecule is CC[C@H](O)c1ccc(Oc2ccc(F)cc2[N+](=O)[O-])cn1. The fraction of sp³-hybridized carbons (Fsp3) is 0.214. The fourth-order valence-electron chi connectivity index (χ4n) is 1.70. The number of halogens is 1. The van der Waals surface area contributed by atoms with Crippen molar-refractivity contribution in [2.24, 2.45) is 0 Å². The van der Waals surface area contributed by atoms with Gasteiger partial charge in [-0.25, -0.2) is 4.39 Å². The predicted octanol–water partition coefficient (Wildman–Crippen LogP) is 3.36. The quantitative estimate of drug-likeness (QED) is 0.674. The molecule has 0 saturated heterocycles. The predicted molar refractivity (Wildman–Crippen MR) is 72.6 cm³/mol. The number of aliphatic hydroxyl groups is 1. The lowest BCUT2D eigenvalue weighted by atomic mass is 10.2. The number of ether oxygens (including phenoxy) is 1. The van der Waals surface area contributed by atoms with Gasteiger partial charge in [0.2, 0.25) is 5.75 Å². The third-order valence-electron chi connectivity index (χ3n) is 2.83. The zero-order valence-corrected chi connectivity index (χ0v) is 11.2. The Morgan fingerprint density at radius 3 is 2.76 bits per heavy atom. The van der Waals surface area contributed by atoms with Gasteiger partial charge in [-0.05, 0) is 30.7 Å². The van der Waals surface area contributed by atoms with E-state index in [0.717, 1.165) is 12.1 Å². The standard InChI is InChI=1S/C14H13FN2O4/c1-2-13(18)11-5-4-10(8-16-11)21-14-6-3-9(15)7-12(14)17(19)20/h3-8,13,18H,2H2,1H3/t13-/m0/s1. The van der Waals surface area contributed by atoms with Gasteiger partial charge in [0.1, 0.15) is 11.6 Å². The van der Waals surface area contributed by atoms with Gasteiger partial charge in [-0.3, -0.25) is 15.1 Å². The summed E-state index contributed by atoms with van der Waals surface area (Å²) in [7, 11) is 0. The summed E-state index contributed by atoms with van der Waals surface area (Å²) in [5, 5.41) is 20.5. The zero-order chi connectivity index (χ0) is 15.4. The van der Waals surface area contributed by atoms with Gasteiger partial charge in [0.15, 0.2) is 0 Å². The molecule has 0 unspecified atom stereocenters. The minimum Gasteiger partial charge on any atom is -0.449 e. The maximum atomic E-state index is 13.0. The van der Waals surface area contributed by atoms with E-state index >= 15 is 0 Å². The van der Waals surface area contributed by atoms with Crippen LogP contribution in [0.4, 0.5) is 10.1 Å². The molecule has 1 atom stereocenters. The molecular formula is C14H13FN2O4. The van der Waals surface area contributed by atoms with Crippen molar-refractivity contribution in [1.82, 2.24) is 4.98 Å². The molecule has 0 fully saturated rings. The number of aliphatic hydroxyl groups excluding tert-OH is 1. The van der Waals surface area contributed by atoms with Crippen LogP contribution in [-0.4, -0.2) is 15.0 Å². The number of nitro groups is 1. The van der Waals surface area contributed by atoms with Crippen molar-refractivity contribution >= 4 is 5.69 Å². The van der Waals surface area contributed by atoms with Crippen molar-refractivity contribution in [2.45, 2.75) is 19.4 Å². The third kappa shape index (κ3) is 3.51. The number of aromatic nitrogens is 1. The Hall–Kier alpha value is -2.54. The summed E-state index contributed by atoms with van der Waals surface area (Å²) in [5.74, 6) is -0.530. The molecule has 21 heavy (non-hydrogen) atoms. The molecule has 0 spiro atoms.